The SMILES string of the molecule is CC(C(=O)O)(c1cccc2ccccc12)C1CCCN(C(F)(F)F)C1. The van der Waals surface area contributed by atoms with E-state index in [-0.39, 0.29) is 13.1 Å². The van der Waals surface area contributed by atoms with Crippen molar-refractivity contribution in [3.05, 3.63) is 48.0 Å². The van der Waals surface area contributed by atoms with Gasteiger partial charge in [0.25, 0.3) is 0 Å². The number of carbonyl (C=O) groups is 1. The number of aliphatic carboxylic acids is 1. The lowest BCUT2D eigenvalue weighted by Crippen LogP contribution is -2.52. The third kappa shape index (κ3) is 3.11. The zero-order chi connectivity index (χ0) is 18.2. The number of nitrogens with zero attached hydrogens (tertiary/aromatic N) is 1. The summed E-state index contributed by atoms with van der Waals surface area (Å²) < 4.78 is 39.4. The summed E-state index contributed by atoms with van der Waals surface area (Å²) in [6.45, 7) is 1.18. The van der Waals surface area contributed by atoms with Gasteiger partial charge in [0.05, 0.1) is 5.41 Å². The van der Waals surface area contributed by atoms with Crippen molar-refractivity contribution in [1.29, 1.82) is 0 Å². The minimum Gasteiger partial charge on any atom is -0.481 e. The van der Waals surface area contributed by atoms with Crippen molar-refractivity contribution < 1.29 is 23.1 Å². The number of hydrogen-bond donors (Lipinski definition) is 1. The van der Waals surface area contributed by atoms with Crippen molar-refractivity contribution in [3.8, 4) is 0 Å². The topological polar surface area (TPSA) is 40.5 Å². The first kappa shape index (κ1) is 17.7. The molecule has 2 aromatic carbocycles. The van der Waals surface area contributed by atoms with Crippen LogP contribution in [0.1, 0.15) is 25.3 Å². The monoisotopic (exact) mass is 351 g/mol. The van der Waals surface area contributed by atoms with E-state index in [1.807, 2.05) is 30.3 Å². The highest BCUT2D eigenvalue weighted by Crippen LogP contribution is 2.42. The first-order valence-corrected chi connectivity index (χ1v) is 8.28. The molecule has 1 heterocycles. The summed E-state index contributed by atoms with van der Waals surface area (Å²) in [6.07, 6.45) is -3.65. The van der Waals surface area contributed by atoms with Gasteiger partial charge in [0.2, 0.25) is 0 Å². The number of rotatable bonds is 3. The van der Waals surface area contributed by atoms with Gasteiger partial charge in [-0.1, -0.05) is 42.5 Å². The van der Waals surface area contributed by atoms with Crippen LogP contribution in [-0.2, 0) is 10.2 Å². The van der Waals surface area contributed by atoms with Crippen LogP contribution in [0.5, 0.6) is 0 Å². The molecular formula is C19H20F3NO2. The van der Waals surface area contributed by atoms with Crippen molar-refractivity contribution in [2.45, 2.75) is 31.5 Å². The lowest BCUT2D eigenvalue weighted by molar-refractivity contribution is -0.255. The zero-order valence-electron chi connectivity index (χ0n) is 13.9. The Labute approximate surface area is 144 Å². The number of fused-ring (bicyclic) bond motifs is 1. The van der Waals surface area contributed by atoms with Crippen LogP contribution in [0.15, 0.2) is 42.5 Å². The van der Waals surface area contributed by atoms with Gasteiger partial charge in [0, 0.05) is 13.1 Å². The van der Waals surface area contributed by atoms with E-state index in [1.165, 1.54) is 0 Å². The molecule has 0 spiro atoms. The summed E-state index contributed by atoms with van der Waals surface area (Å²) >= 11 is 0. The summed E-state index contributed by atoms with van der Waals surface area (Å²) in [6, 6.07) is 12.8. The van der Waals surface area contributed by atoms with E-state index in [9.17, 15) is 23.1 Å². The molecule has 1 N–H and O–H groups in total. The Morgan fingerprint density at radius 3 is 2.52 bits per heavy atom. The van der Waals surface area contributed by atoms with Crippen LogP contribution < -0.4 is 0 Å². The van der Waals surface area contributed by atoms with Crippen molar-refractivity contribution >= 4 is 16.7 Å². The normalized spacial score (nSPS) is 21.8. The maximum Gasteiger partial charge on any atom is 0.459 e. The smallest absolute Gasteiger partial charge is 0.459 e. The fourth-order valence-electron chi connectivity index (χ4n) is 3.87. The largest absolute Gasteiger partial charge is 0.481 e. The first-order valence-electron chi connectivity index (χ1n) is 8.28. The quantitative estimate of drug-likeness (QED) is 0.833. The average molecular weight is 351 g/mol. The number of piperidine rings is 1. The summed E-state index contributed by atoms with van der Waals surface area (Å²) in [5.74, 6) is -1.70. The van der Waals surface area contributed by atoms with E-state index in [0.29, 0.717) is 23.3 Å². The second-order valence-corrected chi connectivity index (χ2v) is 6.79. The predicted molar refractivity (Wildman–Crippen MR) is 89.3 cm³/mol. The van der Waals surface area contributed by atoms with E-state index in [1.54, 1.807) is 19.1 Å². The fraction of sp³-hybridized carbons (Fsp3) is 0.421. The van der Waals surface area contributed by atoms with Gasteiger partial charge in [0.15, 0.2) is 0 Å². The number of halogens is 3. The molecule has 0 bridgehead atoms. The minimum atomic E-state index is -4.43. The Balaban J connectivity index is 2.09. The Morgan fingerprint density at radius 2 is 1.84 bits per heavy atom. The van der Waals surface area contributed by atoms with Gasteiger partial charge >= 0.3 is 12.3 Å². The van der Waals surface area contributed by atoms with Crippen molar-refractivity contribution in [2.24, 2.45) is 5.92 Å². The summed E-state index contributed by atoms with van der Waals surface area (Å²) in [4.78, 5) is 12.7. The lowest BCUT2D eigenvalue weighted by Gasteiger charge is -2.42. The van der Waals surface area contributed by atoms with Crippen LogP contribution in [-0.4, -0.2) is 35.4 Å². The summed E-state index contributed by atoms with van der Waals surface area (Å²) in [5.41, 5.74) is -0.808. The lowest BCUT2D eigenvalue weighted by atomic mass is 9.67. The van der Waals surface area contributed by atoms with E-state index in [4.69, 9.17) is 0 Å². The predicted octanol–water partition coefficient (Wildman–Crippen LogP) is 4.41. The molecule has 1 saturated heterocycles. The van der Waals surface area contributed by atoms with Gasteiger partial charge in [-0.25, -0.2) is 4.90 Å². The van der Waals surface area contributed by atoms with Crippen LogP contribution in [0.4, 0.5) is 13.2 Å². The molecule has 3 rings (SSSR count). The molecule has 1 aliphatic heterocycles. The molecule has 0 amide bonds. The first-order chi connectivity index (χ1) is 11.7. The third-order valence-corrected chi connectivity index (χ3v) is 5.39. The third-order valence-electron chi connectivity index (χ3n) is 5.39. The maximum atomic E-state index is 13.1. The molecular weight excluding hydrogens is 331 g/mol. The fourth-order valence-corrected chi connectivity index (χ4v) is 3.87. The zero-order valence-corrected chi connectivity index (χ0v) is 13.9. The van der Waals surface area contributed by atoms with Gasteiger partial charge in [-0.2, -0.15) is 13.2 Å². The number of carboxylic acid groups (broad SMARTS) is 1. The molecule has 0 aliphatic carbocycles. The number of likely N-dealkylation sites (tertiary alicyclic amines) is 1. The Bertz CT molecular complexity index is 784. The van der Waals surface area contributed by atoms with Gasteiger partial charge in [0.1, 0.15) is 0 Å². The minimum absolute atomic E-state index is 0.0781. The molecule has 2 aromatic rings. The van der Waals surface area contributed by atoms with Gasteiger partial charge < -0.3 is 5.11 Å². The van der Waals surface area contributed by atoms with E-state index >= 15 is 0 Å². The van der Waals surface area contributed by atoms with Gasteiger partial charge in [-0.05, 0) is 42.0 Å². The van der Waals surface area contributed by atoms with Crippen LogP contribution in [0.2, 0.25) is 0 Å². The van der Waals surface area contributed by atoms with Crippen molar-refractivity contribution in [2.75, 3.05) is 13.1 Å². The van der Waals surface area contributed by atoms with E-state index in [2.05, 4.69) is 0 Å². The second kappa shape index (κ2) is 6.33. The van der Waals surface area contributed by atoms with Crippen LogP contribution in [0.25, 0.3) is 10.8 Å². The van der Waals surface area contributed by atoms with Crippen molar-refractivity contribution in [1.82, 2.24) is 4.90 Å². The molecule has 0 saturated carbocycles. The van der Waals surface area contributed by atoms with Gasteiger partial charge in [-0.3, -0.25) is 4.79 Å². The second-order valence-electron chi connectivity index (χ2n) is 6.79. The molecule has 0 aromatic heterocycles. The molecule has 6 heteroatoms. The number of benzene rings is 2. The molecule has 1 fully saturated rings. The standard InChI is InChI=1S/C19H20F3NO2/c1-18(17(24)25,14-8-5-11-23(12-14)19(20,21)22)16-10-4-7-13-6-2-3-9-15(13)16/h2-4,6-7,9-10,14H,5,8,11-12H2,1H3,(H,24,25). The summed E-state index contributed by atoms with van der Waals surface area (Å²) in [7, 11) is 0. The Kier molecular flexibility index (Phi) is 4.49. The number of alkyl halides is 3. The van der Waals surface area contributed by atoms with Crippen LogP contribution in [0.3, 0.4) is 0 Å². The Morgan fingerprint density at radius 1 is 1.16 bits per heavy atom. The van der Waals surface area contributed by atoms with E-state index in [0.717, 1.165) is 10.8 Å². The molecule has 3 nitrogen and oxygen atoms in total. The van der Waals surface area contributed by atoms with Gasteiger partial charge in [-0.15, -0.1) is 0 Å². The number of hydrogen-bond acceptors (Lipinski definition) is 2. The Hall–Kier alpha value is -2.08. The van der Waals surface area contributed by atoms with Crippen LogP contribution in [0, 0.1) is 5.92 Å². The average Bonchev–Trinajstić information content (AvgIpc) is 2.59. The van der Waals surface area contributed by atoms with Crippen LogP contribution >= 0.6 is 0 Å². The highest BCUT2D eigenvalue weighted by Gasteiger charge is 2.49. The molecule has 25 heavy (non-hydrogen) atoms. The molecule has 134 valence electrons. The molecule has 2 atom stereocenters. The maximum absolute atomic E-state index is 13.1. The van der Waals surface area contributed by atoms with E-state index < -0.39 is 23.6 Å². The number of carboxylic acids is 1. The van der Waals surface area contributed by atoms with Crippen molar-refractivity contribution in [3.63, 3.8) is 0 Å². The molecule has 0 radical (unpaired) electrons. The molecule has 2 unspecified atom stereocenters. The highest BCUT2D eigenvalue weighted by atomic mass is 19.4. The molecule has 1 aliphatic rings. The summed E-state index contributed by atoms with van der Waals surface area (Å²) in [5, 5.41) is 11.6. The highest BCUT2D eigenvalue weighted by molar-refractivity contribution is 5.93.